The van der Waals surface area contributed by atoms with Crippen molar-refractivity contribution in [1.82, 2.24) is 10.3 Å². The number of hydrogen-bond acceptors (Lipinski definition) is 3. The molecule has 0 bridgehead atoms. The molecule has 0 saturated heterocycles. The topological polar surface area (TPSA) is 42.0 Å². The summed E-state index contributed by atoms with van der Waals surface area (Å²) in [5.41, 5.74) is 3.98. The van der Waals surface area contributed by atoms with Gasteiger partial charge < -0.3 is 5.32 Å². The molecule has 0 saturated carbocycles. The molecule has 0 aliphatic heterocycles. The predicted octanol–water partition coefficient (Wildman–Crippen LogP) is 2.35. The van der Waals surface area contributed by atoms with E-state index in [0.29, 0.717) is 13.0 Å². The molecule has 1 amide bonds. The second-order valence-corrected chi connectivity index (χ2v) is 5.06. The fraction of sp³-hybridized carbons (Fsp3) is 0.286. The SMILES string of the molecule is Cc1ncsc1CC(=O)NCCc1ccccc1. The van der Waals surface area contributed by atoms with E-state index < -0.39 is 0 Å². The van der Waals surface area contributed by atoms with Crippen molar-refractivity contribution in [2.75, 3.05) is 6.54 Å². The number of hydrogen-bond donors (Lipinski definition) is 1. The van der Waals surface area contributed by atoms with Gasteiger partial charge in [0, 0.05) is 11.4 Å². The van der Waals surface area contributed by atoms with E-state index in [4.69, 9.17) is 0 Å². The number of amides is 1. The van der Waals surface area contributed by atoms with E-state index >= 15 is 0 Å². The molecule has 0 unspecified atom stereocenters. The van der Waals surface area contributed by atoms with E-state index in [1.165, 1.54) is 16.9 Å². The monoisotopic (exact) mass is 260 g/mol. The summed E-state index contributed by atoms with van der Waals surface area (Å²) in [5, 5.41) is 2.94. The second-order valence-electron chi connectivity index (χ2n) is 4.12. The molecule has 0 spiro atoms. The number of nitrogens with zero attached hydrogens (tertiary/aromatic N) is 1. The van der Waals surface area contributed by atoms with E-state index in [-0.39, 0.29) is 5.91 Å². The van der Waals surface area contributed by atoms with Crippen LogP contribution >= 0.6 is 11.3 Å². The highest BCUT2D eigenvalue weighted by molar-refractivity contribution is 7.09. The Balaban J connectivity index is 1.74. The molecule has 4 heteroatoms. The van der Waals surface area contributed by atoms with Crippen molar-refractivity contribution in [2.24, 2.45) is 0 Å². The lowest BCUT2D eigenvalue weighted by atomic mass is 10.1. The van der Waals surface area contributed by atoms with Crippen LogP contribution in [0.15, 0.2) is 35.8 Å². The van der Waals surface area contributed by atoms with Crippen LogP contribution in [0.25, 0.3) is 0 Å². The molecule has 0 radical (unpaired) electrons. The van der Waals surface area contributed by atoms with Gasteiger partial charge in [-0.2, -0.15) is 0 Å². The van der Waals surface area contributed by atoms with Gasteiger partial charge in [0.15, 0.2) is 0 Å². The van der Waals surface area contributed by atoms with Crippen molar-refractivity contribution >= 4 is 17.2 Å². The summed E-state index contributed by atoms with van der Waals surface area (Å²) >= 11 is 1.54. The predicted molar refractivity (Wildman–Crippen MR) is 73.7 cm³/mol. The van der Waals surface area contributed by atoms with Crippen LogP contribution in [-0.4, -0.2) is 17.4 Å². The van der Waals surface area contributed by atoms with Crippen molar-refractivity contribution in [1.29, 1.82) is 0 Å². The number of nitrogens with one attached hydrogen (secondary N) is 1. The van der Waals surface area contributed by atoms with Crippen LogP contribution in [0, 0.1) is 6.92 Å². The molecule has 18 heavy (non-hydrogen) atoms. The highest BCUT2D eigenvalue weighted by atomic mass is 32.1. The largest absolute Gasteiger partial charge is 0.355 e. The van der Waals surface area contributed by atoms with Crippen LogP contribution in [0.4, 0.5) is 0 Å². The maximum Gasteiger partial charge on any atom is 0.225 e. The number of carbonyl (C=O) groups excluding carboxylic acids is 1. The van der Waals surface area contributed by atoms with Gasteiger partial charge in [-0.15, -0.1) is 11.3 Å². The first-order valence-corrected chi connectivity index (χ1v) is 6.83. The molecule has 1 aromatic carbocycles. The molecule has 1 heterocycles. The van der Waals surface area contributed by atoms with Crippen molar-refractivity contribution in [2.45, 2.75) is 19.8 Å². The zero-order valence-corrected chi connectivity index (χ0v) is 11.2. The number of rotatable bonds is 5. The third kappa shape index (κ3) is 3.67. The lowest BCUT2D eigenvalue weighted by Crippen LogP contribution is -2.27. The van der Waals surface area contributed by atoms with Gasteiger partial charge in [-0.25, -0.2) is 4.98 Å². The van der Waals surface area contributed by atoms with Crippen molar-refractivity contribution in [3.8, 4) is 0 Å². The van der Waals surface area contributed by atoms with E-state index in [1.54, 1.807) is 5.51 Å². The van der Waals surface area contributed by atoms with Crippen LogP contribution in [-0.2, 0) is 17.6 Å². The van der Waals surface area contributed by atoms with Crippen molar-refractivity contribution in [3.63, 3.8) is 0 Å². The summed E-state index contributed by atoms with van der Waals surface area (Å²) in [4.78, 5) is 16.9. The fourth-order valence-corrected chi connectivity index (χ4v) is 2.47. The molecule has 3 nitrogen and oxygen atoms in total. The Labute approximate surface area is 111 Å². The third-order valence-corrected chi connectivity index (χ3v) is 3.68. The van der Waals surface area contributed by atoms with Crippen molar-refractivity contribution < 1.29 is 4.79 Å². The maximum atomic E-state index is 11.7. The fourth-order valence-electron chi connectivity index (χ4n) is 1.70. The number of aryl methyl sites for hydroxylation is 1. The van der Waals surface area contributed by atoms with Crippen LogP contribution < -0.4 is 5.32 Å². The normalized spacial score (nSPS) is 10.3. The molecule has 2 rings (SSSR count). The minimum absolute atomic E-state index is 0.0679. The summed E-state index contributed by atoms with van der Waals surface area (Å²) in [6.07, 6.45) is 1.31. The quantitative estimate of drug-likeness (QED) is 0.896. The number of benzene rings is 1. The van der Waals surface area contributed by atoms with Gasteiger partial charge in [0.05, 0.1) is 17.6 Å². The molecule has 0 aliphatic rings. The number of thiazole rings is 1. The van der Waals surface area contributed by atoms with E-state index in [9.17, 15) is 4.79 Å². The maximum absolute atomic E-state index is 11.7. The third-order valence-electron chi connectivity index (χ3n) is 2.74. The van der Waals surface area contributed by atoms with Crippen LogP contribution in [0.3, 0.4) is 0 Å². The van der Waals surface area contributed by atoms with Crippen LogP contribution in [0.2, 0.25) is 0 Å². The smallest absolute Gasteiger partial charge is 0.225 e. The molecule has 2 aromatic rings. The molecule has 94 valence electrons. The average molecular weight is 260 g/mol. The summed E-state index contributed by atoms with van der Waals surface area (Å²) in [6, 6.07) is 10.2. The summed E-state index contributed by atoms with van der Waals surface area (Å²) in [7, 11) is 0. The lowest BCUT2D eigenvalue weighted by Gasteiger charge is -2.04. The highest BCUT2D eigenvalue weighted by Crippen LogP contribution is 2.12. The van der Waals surface area contributed by atoms with Gasteiger partial charge in [-0.3, -0.25) is 4.79 Å². The number of carbonyl (C=O) groups is 1. The zero-order valence-electron chi connectivity index (χ0n) is 10.3. The number of aromatic nitrogens is 1. The standard InChI is InChI=1S/C14H16N2OS/c1-11-13(18-10-16-11)9-14(17)15-8-7-12-5-3-2-4-6-12/h2-6,10H,7-9H2,1H3,(H,15,17). The summed E-state index contributed by atoms with van der Waals surface area (Å²) < 4.78 is 0. The first kappa shape index (κ1) is 12.8. The Morgan fingerprint density at radius 3 is 2.78 bits per heavy atom. The molecular weight excluding hydrogens is 244 g/mol. The van der Waals surface area contributed by atoms with Crippen LogP contribution in [0.5, 0.6) is 0 Å². The van der Waals surface area contributed by atoms with Crippen LogP contribution in [0.1, 0.15) is 16.1 Å². The first-order chi connectivity index (χ1) is 8.75. The van der Waals surface area contributed by atoms with E-state index in [1.807, 2.05) is 25.1 Å². The molecule has 1 aromatic heterocycles. The van der Waals surface area contributed by atoms with Gasteiger partial charge in [-0.05, 0) is 18.9 Å². The van der Waals surface area contributed by atoms with E-state index in [2.05, 4.69) is 22.4 Å². The van der Waals surface area contributed by atoms with Crippen molar-refractivity contribution in [3.05, 3.63) is 52.0 Å². The Morgan fingerprint density at radius 2 is 2.11 bits per heavy atom. The average Bonchev–Trinajstić information content (AvgIpc) is 2.76. The summed E-state index contributed by atoms with van der Waals surface area (Å²) in [5.74, 6) is 0.0679. The van der Waals surface area contributed by atoms with E-state index in [0.717, 1.165) is 17.0 Å². The highest BCUT2D eigenvalue weighted by Gasteiger charge is 2.07. The lowest BCUT2D eigenvalue weighted by molar-refractivity contribution is -0.120. The molecule has 0 fully saturated rings. The summed E-state index contributed by atoms with van der Waals surface area (Å²) in [6.45, 7) is 2.61. The first-order valence-electron chi connectivity index (χ1n) is 5.95. The Bertz CT molecular complexity index is 508. The molecule has 0 aliphatic carbocycles. The molecular formula is C14H16N2OS. The zero-order chi connectivity index (χ0) is 12.8. The Hall–Kier alpha value is -1.68. The van der Waals surface area contributed by atoms with Gasteiger partial charge >= 0.3 is 0 Å². The Kier molecular flexibility index (Phi) is 4.47. The molecule has 0 atom stereocenters. The minimum atomic E-state index is 0.0679. The van der Waals surface area contributed by atoms with Gasteiger partial charge in [-0.1, -0.05) is 30.3 Å². The second kappa shape index (κ2) is 6.31. The van der Waals surface area contributed by atoms with Gasteiger partial charge in [0.25, 0.3) is 0 Å². The minimum Gasteiger partial charge on any atom is -0.355 e. The van der Waals surface area contributed by atoms with Gasteiger partial charge in [0.1, 0.15) is 0 Å². The van der Waals surface area contributed by atoms with Gasteiger partial charge in [0.2, 0.25) is 5.91 Å². The molecule has 1 N–H and O–H groups in total. The Morgan fingerprint density at radius 1 is 1.33 bits per heavy atom.